The average molecular weight is 299 g/mol. The third-order valence-corrected chi connectivity index (χ3v) is 3.19. The summed E-state index contributed by atoms with van der Waals surface area (Å²) in [5.41, 5.74) is 1.99. The normalized spacial score (nSPS) is 15.2. The fourth-order valence-corrected chi connectivity index (χ4v) is 2.14. The number of allylic oxidation sites excluding steroid dienone is 3. The second-order valence-electron chi connectivity index (χ2n) is 3.94. The molecule has 1 aliphatic rings. The van der Waals surface area contributed by atoms with Crippen molar-refractivity contribution in [3.05, 3.63) is 39.9 Å². The van der Waals surface area contributed by atoms with Crippen molar-refractivity contribution in [3.8, 4) is 0 Å². The van der Waals surface area contributed by atoms with E-state index in [4.69, 9.17) is 27.9 Å². The molecule has 0 saturated carbocycles. The molecule has 0 fully saturated rings. The number of rotatable bonds is 3. The lowest BCUT2D eigenvalue weighted by atomic mass is 9.93. The summed E-state index contributed by atoms with van der Waals surface area (Å²) in [7, 11) is 0. The first-order valence-corrected chi connectivity index (χ1v) is 6.61. The number of hydrogen-bond acceptors (Lipinski definition) is 4. The Balaban J connectivity index is 2.45. The van der Waals surface area contributed by atoms with Crippen molar-refractivity contribution in [2.45, 2.75) is 19.8 Å². The molecule has 1 aromatic rings. The summed E-state index contributed by atoms with van der Waals surface area (Å²) in [4.78, 5) is 19.8. The van der Waals surface area contributed by atoms with Crippen molar-refractivity contribution in [2.75, 3.05) is 6.61 Å². The van der Waals surface area contributed by atoms with Crippen molar-refractivity contribution in [3.63, 3.8) is 0 Å². The summed E-state index contributed by atoms with van der Waals surface area (Å²) in [5.74, 6) is -0.326. The third kappa shape index (κ3) is 3.33. The van der Waals surface area contributed by atoms with E-state index >= 15 is 0 Å². The molecule has 0 aromatic carbocycles. The molecule has 1 aliphatic carbocycles. The van der Waals surface area contributed by atoms with E-state index in [0.717, 1.165) is 0 Å². The van der Waals surface area contributed by atoms with Crippen LogP contribution in [-0.4, -0.2) is 22.5 Å². The number of hydrogen-bond donors (Lipinski definition) is 0. The standard InChI is InChI=1S/C13H12Cl2N2O2/c1-2-19-12(18)10-4-3-9(14)5-11(10)8-6-16-13(15)17-7-8/h5-7H,2-4H2,1H3. The van der Waals surface area contributed by atoms with Crippen molar-refractivity contribution >= 4 is 34.7 Å². The predicted molar refractivity (Wildman–Crippen MR) is 73.8 cm³/mol. The minimum atomic E-state index is -0.326. The average Bonchev–Trinajstić information content (AvgIpc) is 2.39. The van der Waals surface area contributed by atoms with Crippen LogP contribution < -0.4 is 0 Å². The number of carbonyl (C=O) groups is 1. The third-order valence-electron chi connectivity index (χ3n) is 2.69. The summed E-state index contributed by atoms with van der Waals surface area (Å²) < 4.78 is 5.06. The van der Waals surface area contributed by atoms with Crippen LogP contribution in [0.3, 0.4) is 0 Å². The number of halogens is 2. The number of nitrogens with zero attached hydrogens (tertiary/aromatic N) is 2. The topological polar surface area (TPSA) is 52.1 Å². The van der Waals surface area contributed by atoms with E-state index in [9.17, 15) is 4.79 Å². The molecule has 0 saturated heterocycles. The predicted octanol–water partition coefficient (Wildman–Crippen LogP) is 3.36. The van der Waals surface area contributed by atoms with Crippen LogP contribution in [0.1, 0.15) is 25.3 Å². The molecule has 100 valence electrons. The van der Waals surface area contributed by atoms with Gasteiger partial charge >= 0.3 is 5.97 Å². The Labute approximate surface area is 121 Å². The van der Waals surface area contributed by atoms with Crippen LogP contribution in [0.2, 0.25) is 5.28 Å². The van der Waals surface area contributed by atoms with E-state index in [2.05, 4.69) is 9.97 Å². The molecule has 0 aliphatic heterocycles. The SMILES string of the molecule is CCOC(=O)C1=C(c2cnc(Cl)nc2)C=C(Cl)CC1. The summed E-state index contributed by atoms with van der Waals surface area (Å²) in [6.07, 6.45) is 6.06. The van der Waals surface area contributed by atoms with Crippen LogP contribution in [-0.2, 0) is 9.53 Å². The molecule has 1 heterocycles. The molecule has 0 spiro atoms. The summed E-state index contributed by atoms with van der Waals surface area (Å²) >= 11 is 11.7. The molecule has 0 amide bonds. The highest BCUT2D eigenvalue weighted by Gasteiger charge is 2.21. The van der Waals surface area contributed by atoms with E-state index in [1.165, 1.54) is 0 Å². The molecule has 0 bridgehead atoms. The van der Waals surface area contributed by atoms with Gasteiger partial charge < -0.3 is 4.74 Å². The fourth-order valence-electron chi connectivity index (χ4n) is 1.83. The van der Waals surface area contributed by atoms with Crippen molar-refractivity contribution in [1.82, 2.24) is 9.97 Å². The second kappa shape index (κ2) is 6.17. The number of aromatic nitrogens is 2. The smallest absolute Gasteiger partial charge is 0.334 e. The Hall–Kier alpha value is -1.39. The van der Waals surface area contributed by atoms with E-state index in [1.54, 1.807) is 25.4 Å². The summed E-state index contributed by atoms with van der Waals surface area (Å²) in [6, 6.07) is 0. The van der Waals surface area contributed by atoms with E-state index in [1.807, 2.05) is 0 Å². The van der Waals surface area contributed by atoms with Gasteiger partial charge in [-0.3, -0.25) is 0 Å². The van der Waals surface area contributed by atoms with Gasteiger partial charge in [-0.05, 0) is 43.0 Å². The van der Waals surface area contributed by atoms with E-state index in [-0.39, 0.29) is 11.3 Å². The van der Waals surface area contributed by atoms with Gasteiger partial charge in [-0.2, -0.15) is 0 Å². The summed E-state index contributed by atoms with van der Waals surface area (Å²) in [5, 5.41) is 0.853. The second-order valence-corrected chi connectivity index (χ2v) is 4.77. The minimum Gasteiger partial charge on any atom is -0.463 e. The molecule has 4 nitrogen and oxygen atoms in total. The molecular weight excluding hydrogens is 287 g/mol. The molecule has 6 heteroatoms. The number of esters is 1. The molecule has 1 aromatic heterocycles. The van der Waals surface area contributed by atoms with Crippen LogP contribution in [0.25, 0.3) is 5.57 Å². The van der Waals surface area contributed by atoms with Gasteiger partial charge in [0.05, 0.1) is 6.61 Å². The highest BCUT2D eigenvalue weighted by molar-refractivity contribution is 6.30. The van der Waals surface area contributed by atoms with Crippen LogP contribution in [0, 0.1) is 0 Å². The largest absolute Gasteiger partial charge is 0.463 e. The van der Waals surface area contributed by atoms with Crippen LogP contribution in [0.5, 0.6) is 0 Å². The molecule has 0 atom stereocenters. The maximum atomic E-state index is 11.9. The highest BCUT2D eigenvalue weighted by Crippen LogP contribution is 2.32. The Morgan fingerprint density at radius 2 is 2.00 bits per heavy atom. The Morgan fingerprint density at radius 3 is 2.63 bits per heavy atom. The minimum absolute atomic E-state index is 0.160. The zero-order valence-corrected chi connectivity index (χ0v) is 11.8. The lowest BCUT2D eigenvalue weighted by Crippen LogP contribution is -2.12. The summed E-state index contributed by atoms with van der Waals surface area (Å²) in [6.45, 7) is 2.11. The molecular formula is C13H12Cl2N2O2. The highest BCUT2D eigenvalue weighted by atomic mass is 35.5. The molecule has 0 radical (unpaired) electrons. The van der Waals surface area contributed by atoms with Crippen LogP contribution >= 0.6 is 23.2 Å². The van der Waals surface area contributed by atoms with Gasteiger partial charge in [-0.1, -0.05) is 11.6 Å². The lowest BCUT2D eigenvalue weighted by Gasteiger charge is -2.16. The first kappa shape index (κ1) is 14.0. The van der Waals surface area contributed by atoms with Crippen LogP contribution in [0.4, 0.5) is 0 Å². The number of ether oxygens (including phenoxy) is 1. The van der Waals surface area contributed by atoms with E-state index < -0.39 is 0 Å². The van der Waals surface area contributed by atoms with Gasteiger partial charge in [0, 0.05) is 28.6 Å². The van der Waals surface area contributed by atoms with Gasteiger partial charge in [0.25, 0.3) is 0 Å². The van der Waals surface area contributed by atoms with Gasteiger partial charge in [0.2, 0.25) is 5.28 Å². The molecule has 0 N–H and O–H groups in total. The fraction of sp³-hybridized carbons (Fsp3) is 0.308. The molecule has 2 rings (SSSR count). The van der Waals surface area contributed by atoms with Gasteiger partial charge in [0.1, 0.15) is 0 Å². The Morgan fingerprint density at radius 1 is 1.32 bits per heavy atom. The van der Waals surface area contributed by atoms with Crippen molar-refractivity contribution in [1.29, 1.82) is 0 Å². The maximum Gasteiger partial charge on any atom is 0.334 e. The van der Waals surface area contributed by atoms with E-state index in [0.29, 0.717) is 41.2 Å². The first-order valence-electron chi connectivity index (χ1n) is 5.86. The van der Waals surface area contributed by atoms with Gasteiger partial charge in [0.15, 0.2) is 0 Å². The monoisotopic (exact) mass is 298 g/mol. The zero-order valence-electron chi connectivity index (χ0n) is 10.3. The molecule has 19 heavy (non-hydrogen) atoms. The number of carbonyl (C=O) groups excluding carboxylic acids is 1. The molecule has 0 unspecified atom stereocenters. The Bertz CT molecular complexity index is 550. The van der Waals surface area contributed by atoms with Crippen molar-refractivity contribution < 1.29 is 9.53 Å². The van der Waals surface area contributed by atoms with Crippen LogP contribution in [0.15, 0.2) is 29.1 Å². The maximum absolute atomic E-state index is 11.9. The zero-order chi connectivity index (χ0) is 13.8. The Kier molecular flexibility index (Phi) is 4.56. The van der Waals surface area contributed by atoms with Gasteiger partial charge in [-0.15, -0.1) is 0 Å². The lowest BCUT2D eigenvalue weighted by molar-refractivity contribution is -0.138. The quantitative estimate of drug-likeness (QED) is 0.634. The van der Waals surface area contributed by atoms with Crippen molar-refractivity contribution in [2.24, 2.45) is 0 Å². The van der Waals surface area contributed by atoms with Gasteiger partial charge in [-0.25, -0.2) is 14.8 Å². The first-order chi connectivity index (χ1) is 9.11.